The van der Waals surface area contributed by atoms with E-state index in [0.29, 0.717) is 30.2 Å². The van der Waals surface area contributed by atoms with Gasteiger partial charge in [0.25, 0.3) is 0 Å². The van der Waals surface area contributed by atoms with E-state index in [0.717, 1.165) is 15.6 Å². The second-order valence-corrected chi connectivity index (χ2v) is 10.2. The van der Waals surface area contributed by atoms with Gasteiger partial charge in [-0.2, -0.15) is 0 Å². The number of aliphatic hydroxyl groups excluding tert-OH is 2. The Balaban J connectivity index is 1.81. The zero-order valence-electron chi connectivity index (χ0n) is 19.6. The molecular formula is C27H29BrN2O5. The van der Waals surface area contributed by atoms with Gasteiger partial charge >= 0.3 is 0 Å². The van der Waals surface area contributed by atoms with Crippen LogP contribution in [0.4, 0.5) is 0 Å². The molecule has 0 saturated heterocycles. The first-order valence-corrected chi connectivity index (χ1v) is 12.4. The van der Waals surface area contributed by atoms with Gasteiger partial charge in [0.05, 0.1) is 37.8 Å². The number of hydrogen-bond acceptors (Lipinski definition) is 7. The van der Waals surface area contributed by atoms with Crippen molar-refractivity contribution in [1.29, 1.82) is 0 Å². The molecule has 3 N–H and O–H groups in total. The Morgan fingerprint density at radius 3 is 2.49 bits per heavy atom. The van der Waals surface area contributed by atoms with Gasteiger partial charge < -0.3 is 29.7 Å². The molecule has 5 atom stereocenters. The molecule has 1 fully saturated rings. The number of ether oxygens (including phenoxy) is 2. The molecule has 35 heavy (non-hydrogen) atoms. The summed E-state index contributed by atoms with van der Waals surface area (Å²) in [5.74, 6) is -0.104. The summed E-state index contributed by atoms with van der Waals surface area (Å²) < 4.78 is 13.3. The predicted molar refractivity (Wildman–Crippen MR) is 134 cm³/mol. The molecule has 8 heteroatoms. The number of nitrogens with zero attached hydrogens (tertiary/aromatic N) is 2. The monoisotopic (exact) mass is 540 g/mol. The lowest BCUT2D eigenvalue weighted by Gasteiger charge is -2.41. The molecule has 2 aromatic carbocycles. The van der Waals surface area contributed by atoms with Crippen molar-refractivity contribution in [1.82, 2.24) is 9.88 Å². The summed E-state index contributed by atoms with van der Waals surface area (Å²) in [5.41, 5.74) is -1.10. The number of benzene rings is 2. The normalized spacial score (nSPS) is 29.1. The number of rotatable bonds is 7. The summed E-state index contributed by atoms with van der Waals surface area (Å²) >= 11 is 3.51. The van der Waals surface area contributed by atoms with E-state index >= 15 is 0 Å². The van der Waals surface area contributed by atoms with Crippen molar-refractivity contribution in [3.63, 3.8) is 0 Å². The fraction of sp³-hybridized carbons (Fsp3) is 0.370. The maximum Gasteiger partial charge on any atom is 0.177 e. The van der Waals surface area contributed by atoms with Crippen molar-refractivity contribution >= 4 is 15.9 Å². The average molecular weight is 541 g/mol. The minimum Gasteiger partial charge on any atom is -0.495 e. The predicted octanol–water partition coefficient (Wildman–Crippen LogP) is 3.03. The Labute approximate surface area is 213 Å². The first-order chi connectivity index (χ1) is 16.9. The highest BCUT2D eigenvalue weighted by molar-refractivity contribution is 9.10. The van der Waals surface area contributed by atoms with Gasteiger partial charge in [-0.1, -0.05) is 58.4 Å². The van der Waals surface area contributed by atoms with Gasteiger partial charge in [-0.25, -0.2) is 0 Å². The minimum absolute atomic E-state index is 0.00370. The first kappa shape index (κ1) is 24.2. The molecule has 0 bridgehead atoms. The van der Waals surface area contributed by atoms with Gasteiger partial charge in [0, 0.05) is 29.4 Å². The van der Waals surface area contributed by atoms with Crippen LogP contribution in [-0.4, -0.2) is 65.2 Å². The Morgan fingerprint density at radius 1 is 1.11 bits per heavy atom. The highest BCUT2D eigenvalue weighted by Crippen LogP contribution is 2.69. The zero-order chi connectivity index (χ0) is 24.8. The van der Waals surface area contributed by atoms with E-state index in [4.69, 9.17) is 9.47 Å². The summed E-state index contributed by atoms with van der Waals surface area (Å²) in [6.07, 6.45) is 1.90. The lowest BCUT2D eigenvalue weighted by atomic mass is 9.70. The van der Waals surface area contributed by atoms with Crippen LogP contribution in [0.2, 0.25) is 0 Å². The highest BCUT2D eigenvalue weighted by Gasteiger charge is 2.76. The SMILES string of the molecule is COc1cncc2c1[C@]1(O)[C@H](O)[C@H](CN(C)CCO)[C@@H](c3ccccc3)[C@]1(c1ccc(Br)cc1)O2. The second kappa shape index (κ2) is 9.19. The number of likely N-dealkylation sites (N-methyl/N-ethyl adjacent to an activating group) is 1. The Morgan fingerprint density at radius 2 is 1.83 bits per heavy atom. The van der Waals surface area contributed by atoms with Crippen LogP contribution in [0.25, 0.3) is 0 Å². The van der Waals surface area contributed by atoms with Crippen molar-refractivity contribution in [2.45, 2.75) is 23.2 Å². The summed E-state index contributed by atoms with van der Waals surface area (Å²) in [6, 6.07) is 17.5. The molecule has 0 radical (unpaired) electrons. The van der Waals surface area contributed by atoms with Crippen molar-refractivity contribution in [3.8, 4) is 11.5 Å². The molecule has 2 heterocycles. The summed E-state index contributed by atoms with van der Waals surface area (Å²) in [5, 5.41) is 34.2. The molecule has 3 aromatic rings. The second-order valence-electron chi connectivity index (χ2n) is 9.31. The van der Waals surface area contributed by atoms with Gasteiger partial charge in [0.2, 0.25) is 0 Å². The first-order valence-electron chi connectivity index (χ1n) is 11.6. The fourth-order valence-corrected chi connectivity index (χ4v) is 6.32. The molecule has 0 unspecified atom stereocenters. The maximum atomic E-state index is 12.7. The Bertz CT molecular complexity index is 1190. The van der Waals surface area contributed by atoms with E-state index in [1.807, 2.05) is 66.5 Å². The van der Waals surface area contributed by atoms with E-state index in [1.54, 1.807) is 6.20 Å². The number of halogens is 1. The van der Waals surface area contributed by atoms with Crippen LogP contribution in [-0.2, 0) is 11.2 Å². The van der Waals surface area contributed by atoms with Gasteiger partial charge in [-0.05, 0) is 30.3 Å². The minimum atomic E-state index is -1.82. The van der Waals surface area contributed by atoms with Gasteiger partial charge in [-0.3, -0.25) is 4.98 Å². The van der Waals surface area contributed by atoms with E-state index in [1.165, 1.54) is 13.3 Å². The molecule has 7 nitrogen and oxygen atoms in total. The summed E-state index contributed by atoms with van der Waals surface area (Å²) in [4.78, 5) is 6.22. The van der Waals surface area contributed by atoms with Gasteiger partial charge in [-0.15, -0.1) is 0 Å². The number of pyridine rings is 1. The number of hydrogen-bond donors (Lipinski definition) is 3. The molecule has 184 valence electrons. The van der Waals surface area contributed by atoms with Crippen LogP contribution in [0.1, 0.15) is 22.6 Å². The van der Waals surface area contributed by atoms with Crippen molar-refractivity contribution in [2.75, 3.05) is 33.9 Å². The lowest BCUT2D eigenvalue weighted by molar-refractivity contribution is -0.152. The standard InChI is InChI=1S/C27H29BrN2O5/c1-30(12-13-31)16-20-23(17-6-4-3-5-7-17)27(18-8-10-19(28)11-9-18)26(33,25(20)32)24-21(34-2)14-29-15-22(24)35-27/h3-11,14-15,20,23,25,31-33H,12-13,16H2,1-2H3/t20-,23-,25-,26+,27+/m1/s1. The Hall–Kier alpha value is -2.49. The summed E-state index contributed by atoms with van der Waals surface area (Å²) in [6.45, 7) is 0.878. The summed E-state index contributed by atoms with van der Waals surface area (Å²) in [7, 11) is 3.41. The van der Waals surface area contributed by atoms with Crippen LogP contribution >= 0.6 is 15.9 Å². The van der Waals surface area contributed by atoms with Gasteiger partial charge in [0.15, 0.2) is 11.2 Å². The third-order valence-electron chi connectivity index (χ3n) is 7.45. The topological polar surface area (TPSA) is 95.3 Å². The molecule has 5 rings (SSSR count). The van der Waals surface area contributed by atoms with Crippen LogP contribution < -0.4 is 9.47 Å². The number of methoxy groups -OCH3 is 1. The van der Waals surface area contributed by atoms with E-state index in [-0.39, 0.29) is 6.61 Å². The molecule has 2 aliphatic rings. The average Bonchev–Trinajstić information content (AvgIpc) is 3.23. The molecule has 1 aliphatic heterocycles. The zero-order valence-corrected chi connectivity index (χ0v) is 21.2. The maximum absolute atomic E-state index is 12.7. The van der Waals surface area contributed by atoms with Crippen LogP contribution in [0.15, 0.2) is 71.5 Å². The molecule has 0 amide bonds. The molecule has 1 saturated carbocycles. The lowest BCUT2D eigenvalue weighted by Crippen LogP contribution is -2.52. The van der Waals surface area contributed by atoms with Crippen molar-refractivity contribution < 1.29 is 24.8 Å². The van der Waals surface area contributed by atoms with Crippen molar-refractivity contribution in [3.05, 3.63) is 88.2 Å². The quantitative estimate of drug-likeness (QED) is 0.424. The van der Waals surface area contributed by atoms with Crippen molar-refractivity contribution in [2.24, 2.45) is 5.92 Å². The smallest absolute Gasteiger partial charge is 0.177 e. The largest absolute Gasteiger partial charge is 0.495 e. The number of fused-ring (bicyclic) bond motifs is 3. The van der Waals surface area contributed by atoms with E-state index in [2.05, 4.69) is 20.9 Å². The van der Waals surface area contributed by atoms with Gasteiger partial charge in [0.1, 0.15) is 11.5 Å². The van der Waals surface area contributed by atoms with E-state index in [9.17, 15) is 15.3 Å². The fourth-order valence-electron chi connectivity index (χ4n) is 6.06. The Kier molecular flexibility index (Phi) is 6.35. The highest BCUT2D eigenvalue weighted by atomic mass is 79.9. The number of aromatic nitrogens is 1. The van der Waals surface area contributed by atoms with Crippen LogP contribution in [0.5, 0.6) is 11.5 Å². The van der Waals surface area contributed by atoms with E-state index < -0.39 is 29.1 Å². The third kappa shape index (κ3) is 3.50. The molecule has 1 aromatic heterocycles. The van der Waals surface area contributed by atoms with Crippen LogP contribution in [0, 0.1) is 5.92 Å². The molecular weight excluding hydrogens is 512 g/mol. The third-order valence-corrected chi connectivity index (χ3v) is 7.98. The molecule has 1 aliphatic carbocycles. The van der Waals surface area contributed by atoms with Crippen LogP contribution in [0.3, 0.4) is 0 Å². The molecule has 0 spiro atoms. The number of aliphatic hydroxyl groups is 3.